The maximum atomic E-state index is 11.0. The van der Waals surface area contributed by atoms with E-state index in [0.717, 1.165) is 27.8 Å². The van der Waals surface area contributed by atoms with Crippen molar-refractivity contribution in [1.29, 1.82) is 0 Å². The minimum Gasteiger partial charge on any atom is -0.497 e. The van der Waals surface area contributed by atoms with E-state index in [9.17, 15) is 4.79 Å². The van der Waals surface area contributed by atoms with Crippen molar-refractivity contribution in [3.8, 4) is 16.9 Å². The summed E-state index contributed by atoms with van der Waals surface area (Å²) in [4.78, 5) is 13.8. The van der Waals surface area contributed by atoms with Crippen molar-refractivity contribution >= 4 is 16.9 Å². The number of nitrogens with one attached hydrogen (secondary N) is 1. The second-order valence-electron chi connectivity index (χ2n) is 4.52. The van der Waals surface area contributed by atoms with Gasteiger partial charge in [0, 0.05) is 10.9 Å². The average molecular weight is 267 g/mol. The molecule has 0 spiro atoms. The van der Waals surface area contributed by atoms with E-state index in [1.54, 1.807) is 13.2 Å². The normalized spacial score (nSPS) is 10.7. The minimum absolute atomic E-state index is 0.201. The third kappa shape index (κ3) is 2.12. The molecule has 0 fully saturated rings. The maximum absolute atomic E-state index is 11.0. The molecule has 0 bridgehead atoms. The van der Waals surface area contributed by atoms with E-state index in [2.05, 4.69) is 4.98 Å². The lowest BCUT2D eigenvalue weighted by Crippen LogP contribution is -1.94. The zero-order valence-electron chi connectivity index (χ0n) is 10.9. The molecule has 0 aliphatic heterocycles. The Balaban J connectivity index is 2.04. The van der Waals surface area contributed by atoms with Crippen molar-refractivity contribution in [2.45, 2.75) is 0 Å². The Hall–Kier alpha value is -2.75. The smallest absolute Gasteiger partial charge is 0.352 e. The lowest BCUT2D eigenvalue weighted by Gasteiger charge is -2.04. The van der Waals surface area contributed by atoms with E-state index in [-0.39, 0.29) is 5.69 Å². The summed E-state index contributed by atoms with van der Waals surface area (Å²) in [5, 5.41) is 9.87. The predicted molar refractivity (Wildman–Crippen MR) is 77.2 cm³/mol. The van der Waals surface area contributed by atoms with Crippen LogP contribution in [0.2, 0.25) is 0 Å². The first-order valence-electron chi connectivity index (χ1n) is 6.18. The molecule has 100 valence electrons. The summed E-state index contributed by atoms with van der Waals surface area (Å²) in [6.45, 7) is 0. The number of aromatic carboxylic acids is 1. The largest absolute Gasteiger partial charge is 0.497 e. The van der Waals surface area contributed by atoms with Gasteiger partial charge in [-0.2, -0.15) is 0 Å². The molecule has 2 aromatic carbocycles. The fourth-order valence-corrected chi connectivity index (χ4v) is 2.21. The van der Waals surface area contributed by atoms with E-state index >= 15 is 0 Å². The number of H-pyrrole nitrogens is 1. The first kappa shape index (κ1) is 12.3. The molecule has 3 aromatic rings. The van der Waals surface area contributed by atoms with Gasteiger partial charge in [0.2, 0.25) is 0 Å². The standard InChI is InChI=1S/C16H13NO3/c1-20-13-5-2-10(3-6-13)11-4-7-14-12(8-11)9-15(17-14)16(18)19/h2-9,17H,1H3,(H,18,19). The van der Waals surface area contributed by atoms with Crippen LogP contribution in [0, 0.1) is 0 Å². The van der Waals surface area contributed by atoms with Crippen LogP contribution in [0.3, 0.4) is 0 Å². The number of hydrogen-bond acceptors (Lipinski definition) is 2. The SMILES string of the molecule is COc1ccc(-c2ccc3[nH]c(C(=O)O)cc3c2)cc1. The molecule has 0 aliphatic carbocycles. The Morgan fingerprint density at radius 2 is 1.75 bits per heavy atom. The number of fused-ring (bicyclic) bond motifs is 1. The number of carboxylic acid groups (broad SMARTS) is 1. The summed E-state index contributed by atoms with van der Waals surface area (Å²) in [6, 6.07) is 15.2. The molecular formula is C16H13NO3. The summed E-state index contributed by atoms with van der Waals surface area (Å²) in [7, 11) is 1.63. The predicted octanol–water partition coefficient (Wildman–Crippen LogP) is 3.54. The number of carboxylic acids is 1. The van der Waals surface area contributed by atoms with Crippen molar-refractivity contribution in [3.05, 3.63) is 54.2 Å². The molecule has 0 amide bonds. The van der Waals surface area contributed by atoms with E-state index in [1.165, 1.54) is 0 Å². The van der Waals surface area contributed by atoms with Gasteiger partial charge in [0.05, 0.1) is 7.11 Å². The number of aromatic amines is 1. The van der Waals surface area contributed by atoms with Crippen LogP contribution in [-0.4, -0.2) is 23.2 Å². The highest BCUT2D eigenvalue weighted by atomic mass is 16.5. The zero-order chi connectivity index (χ0) is 14.1. The molecule has 0 aliphatic rings. The van der Waals surface area contributed by atoms with Crippen LogP contribution in [0.4, 0.5) is 0 Å². The Bertz CT molecular complexity index is 772. The maximum Gasteiger partial charge on any atom is 0.352 e. The summed E-state index contributed by atoms with van der Waals surface area (Å²) in [6.07, 6.45) is 0. The monoisotopic (exact) mass is 267 g/mol. The van der Waals surface area contributed by atoms with Crippen molar-refractivity contribution in [3.63, 3.8) is 0 Å². The number of ether oxygens (including phenoxy) is 1. The molecule has 0 atom stereocenters. The topological polar surface area (TPSA) is 62.3 Å². The van der Waals surface area contributed by atoms with Crippen LogP contribution < -0.4 is 4.74 Å². The fraction of sp³-hybridized carbons (Fsp3) is 0.0625. The summed E-state index contributed by atoms with van der Waals surface area (Å²) in [5.74, 6) is -0.142. The number of hydrogen-bond donors (Lipinski definition) is 2. The Morgan fingerprint density at radius 3 is 2.40 bits per heavy atom. The molecule has 1 heterocycles. The number of methoxy groups -OCH3 is 1. The minimum atomic E-state index is -0.952. The van der Waals surface area contributed by atoms with E-state index in [4.69, 9.17) is 9.84 Å². The van der Waals surface area contributed by atoms with Crippen LogP contribution in [0.1, 0.15) is 10.5 Å². The molecule has 0 unspecified atom stereocenters. The highest BCUT2D eigenvalue weighted by molar-refractivity contribution is 5.95. The van der Waals surface area contributed by atoms with Crippen molar-refractivity contribution < 1.29 is 14.6 Å². The van der Waals surface area contributed by atoms with Gasteiger partial charge in [0.1, 0.15) is 11.4 Å². The molecular weight excluding hydrogens is 254 g/mol. The first-order valence-corrected chi connectivity index (χ1v) is 6.18. The molecule has 20 heavy (non-hydrogen) atoms. The fourth-order valence-electron chi connectivity index (χ4n) is 2.21. The first-order chi connectivity index (χ1) is 9.67. The van der Waals surface area contributed by atoms with Crippen molar-refractivity contribution in [2.75, 3.05) is 7.11 Å². The third-order valence-electron chi connectivity index (χ3n) is 3.27. The van der Waals surface area contributed by atoms with E-state index < -0.39 is 5.97 Å². The third-order valence-corrected chi connectivity index (χ3v) is 3.27. The van der Waals surface area contributed by atoms with Gasteiger partial charge in [-0.05, 0) is 41.5 Å². The lowest BCUT2D eigenvalue weighted by molar-refractivity contribution is 0.0691. The molecule has 0 saturated heterocycles. The highest BCUT2D eigenvalue weighted by Crippen LogP contribution is 2.26. The van der Waals surface area contributed by atoms with Crippen LogP contribution >= 0.6 is 0 Å². The summed E-state index contributed by atoms with van der Waals surface area (Å²) in [5.41, 5.74) is 3.12. The molecule has 1 aromatic heterocycles. The molecule has 0 radical (unpaired) electrons. The van der Waals surface area contributed by atoms with Gasteiger partial charge >= 0.3 is 5.97 Å². The number of aromatic nitrogens is 1. The van der Waals surface area contributed by atoms with E-state index in [1.807, 2.05) is 42.5 Å². The van der Waals surface area contributed by atoms with E-state index in [0.29, 0.717) is 0 Å². The molecule has 2 N–H and O–H groups in total. The van der Waals surface area contributed by atoms with Crippen LogP contribution in [0.5, 0.6) is 5.75 Å². The van der Waals surface area contributed by atoms with Gasteiger partial charge in [0.15, 0.2) is 0 Å². The highest BCUT2D eigenvalue weighted by Gasteiger charge is 2.08. The Morgan fingerprint density at radius 1 is 1.05 bits per heavy atom. The Labute approximate surface area is 115 Å². The number of carbonyl (C=O) groups is 1. The number of rotatable bonds is 3. The van der Waals surface area contributed by atoms with Crippen LogP contribution in [0.15, 0.2) is 48.5 Å². The second-order valence-corrected chi connectivity index (χ2v) is 4.52. The van der Waals surface area contributed by atoms with Crippen LogP contribution in [-0.2, 0) is 0 Å². The van der Waals surface area contributed by atoms with Gasteiger partial charge in [-0.15, -0.1) is 0 Å². The molecule has 4 heteroatoms. The van der Waals surface area contributed by atoms with Gasteiger partial charge in [-0.3, -0.25) is 0 Å². The van der Waals surface area contributed by atoms with Crippen molar-refractivity contribution in [1.82, 2.24) is 4.98 Å². The van der Waals surface area contributed by atoms with Gasteiger partial charge in [-0.1, -0.05) is 18.2 Å². The van der Waals surface area contributed by atoms with Crippen LogP contribution in [0.25, 0.3) is 22.0 Å². The van der Waals surface area contributed by atoms with Crippen molar-refractivity contribution in [2.24, 2.45) is 0 Å². The molecule has 4 nitrogen and oxygen atoms in total. The van der Waals surface area contributed by atoms with Gasteiger partial charge < -0.3 is 14.8 Å². The second kappa shape index (κ2) is 4.74. The quantitative estimate of drug-likeness (QED) is 0.763. The summed E-state index contributed by atoms with van der Waals surface area (Å²) < 4.78 is 5.13. The van der Waals surface area contributed by atoms with Gasteiger partial charge in [-0.25, -0.2) is 4.79 Å². The van der Waals surface area contributed by atoms with Gasteiger partial charge in [0.25, 0.3) is 0 Å². The molecule has 0 saturated carbocycles. The zero-order valence-corrected chi connectivity index (χ0v) is 10.9. The average Bonchev–Trinajstić information content (AvgIpc) is 2.90. The summed E-state index contributed by atoms with van der Waals surface area (Å²) >= 11 is 0. The Kier molecular flexibility index (Phi) is 2.91. The number of benzene rings is 2. The molecule has 3 rings (SSSR count). The lowest BCUT2D eigenvalue weighted by atomic mass is 10.0.